The van der Waals surface area contributed by atoms with Gasteiger partial charge in [-0.25, -0.2) is 0 Å². The maximum absolute atomic E-state index is 11.2. The van der Waals surface area contributed by atoms with Gasteiger partial charge in [0.1, 0.15) is 5.75 Å². The van der Waals surface area contributed by atoms with Gasteiger partial charge in [-0.1, -0.05) is 18.6 Å². The third-order valence-electron chi connectivity index (χ3n) is 3.38. The second-order valence-corrected chi connectivity index (χ2v) is 6.87. The van der Waals surface area contributed by atoms with Crippen molar-refractivity contribution in [2.45, 2.75) is 31.6 Å². The van der Waals surface area contributed by atoms with Crippen LogP contribution in [0.4, 0.5) is 0 Å². The SMILES string of the molecule is COc1ccc(C)cc1C(O)CNCCC(C)S(C)=O. The quantitative estimate of drug-likeness (QED) is 0.719. The first-order valence-corrected chi connectivity index (χ1v) is 8.43. The number of rotatable bonds is 8. The lowest BCUT2D eigenvalue weighted by atomic mass is 10.1. The van der Waals surface area contributed by atoms with Gasteiger partial charge in [0.25, 0.3) is 0 Å². The molecule has 3 atom stereocenters. The summed E-state index contributed by atoms with van der Waals surface area (Å²) in [5.41, 5.74) is 1.89. The third kappa shape index (κ3) is 5.23. The van der Waals surface area contributed by atoms with E-state index in [1.165, 1.54) is 0 Å². The van der Waals surface area contributed by atoms with Crippen LogP contribution in [0.25, 0.3) is 0 Å². The molecule has 2 N–H and O–H groups in total. The number of methoxy groups -OCH3 is 1. The van der Waals surface area contributed by atoms with Crippen LogP contribution in [0, 0.1) is 6.92 Å². The van der Waals surface area contributed by atoms with Crippen molar-refractivity contribution in [1.29, 1.82) is 0 Å². The molecular weight excluding hydrogens is 274 g/mol. The van der Waals surface area contributed by atoms with Crippen molar-refractivity contribution in [3.63, 3.8) is 0 Å². The summed E-state index contributed by atoms with van der Waals surface area (Å²) >= 11 is 0. The molecule has 0 saturated carbocycles. The summed E-state index contributed by atoms with van der Waals surface area (Å²) in [6, 6.07) is 5.77. The summed E-state index contributed by atoms with van der Waals surface area (Å²) in [5, 5.41) is 13.6. The van der Waals surface area contributed by atoms with Crippen LogP contribution in [-0.4, -0.2) is 41.0 Å². The average molecular weight is 299 g/mol. The minimum absolute atomic E-state index is 0.174. The zero-order chi connectivity index (χ0) is 15.1. The van der Waals surface area contributed by atoms with Gasteiger partial charge in [0.05, 0.1) is 13.2 Å². The molecule has 4 nitrogen and oxygen atoms in total. The fourth-order valence-corrected chi connectivity index (χ4v) is 2.38. The molecule has 1 rings (SSSR count). The lowest BCUT2D eigenvalue weighted by Crippen LogP contribution is -2.26. The monoisotopic (exact) mass is 299 g/mol. The normalized spacial score (nSPS) is 15.7. The van der Waals surface area contributed by atoms with Crippen molar-refractivity contribution < 1.29 is 14.1 Å². The van der Waals surface area contributed by atoms with E-state index in [1.807, 2.05) is 32.0 Å². The Bertz CT molecular complexity index is 451. The number of nitrogens with one attached hydrogen (secondary N) is 1. The zero-order valence-electron chi connectivity index (χ0n) is 12.7. The van der Waals surface area contributed by atoms with Crippen LogP contribution in [0.15, 0.2) is 18.2 Å². The second-order valence-electron chi connectivity index (χ2n) is 5.06. The summed E-state index contributed by atoms with van der Waals surface area (Å²) in [6.07, 6.45) is 1.95. The van der Waals surface area contributed by atoms with Gasteiger partial charge >= 0.3 is 0 Å². The highest BCUT2D eigenvalue weighted by Gasteiger charge is 2.13. The van der Waals surface area contributed by atoms with Gasteiger partial charge in [-0.05, 0) is 32.0 Å². The average Bonchev–Trinajstić information content (AvgIpc) is 2.42. The van der Waals surface area contributed by atoms with Gasteiger partial charge in [0.2, 0.25) is 0 Å². The fourth-order valence-electron chi connectivity index (χ4n) is 1.93. The van der Waals surface area contributed by atoms with Crippen LogP contribution in [-0.2, 0) is 10.8 Å². The Labute approximate surface area is 124 Å². The Morgan fingerprint density at radius 1 is 1.45 bits per heavy atom. The van der Waals surface area contributed by atoms with E-state index in [0.717, 1.165) is 24.1 Å². The van der Waals surface area contributed by atoms with Gasteiger partial charge in [0.15, 0.2) is 0 Å². The number of aliphatic hydroxyl groups is 1. The number of ether oxygens (including phenoxy) is 1. The number of hydrogen-bond acceptors (Lipinski definition) is 4. The van der Waals surface area contributed by atoms with Crippen molar-refractivity contribution >= 4 is 10.8 Å². The number of hydrogen-bond donors (Lipinski definition) is 2. The Balaban J connectivity index is 2.49. The van der Waals surface area contributed by atoms with Crippen LogP contribution in [0.5, 0.6) is 5.75 Å². The molecule has 0 bridgehead atoms. The smallest absolute Gasteiger partial charge is 0.124 e. The van der Waals surface area contributed by atoms with Crippen molar-refractivity contribution in [2.75, 3.05) is 26.5 Å². The largest absolute Gasteiger partial charge is 0.496 e. The maximum Gasteiger partial charge on any atom is 0.124 e. The Morgan fingerprint density at radius 3 is 2.75 bits per heavy atom. The van der Waals surface area contributed by atoms with E-state index in [-0.39, 0.29) is 5.25 Å². The first-order valence-electron chi connectivity index (χ1n) is 6.81. The third-order valence-corrected chi connectivity index (χ3v) is 4.75. The highest BCUT2D eigenvalue weighted by atomic mass is 32.2. The molecule has 0 saturated heterocycles. The molecule has 0 fully saturated rings. The molecule has 5 heteroatoms. The minimum atomic E-state index is -0.791. The highest BCUT2D eigenvalue weighted by Crippen LogP contribution is 2.25. The molecule has 20 heavy (non-hydrogen) atoms. The molecule has 0 amide bonds. The predicted octanol–water partition coefficient (Wildman–Crippen LogP) is 1.78. The Kier molecular flexibility index (Phi) is 7.19. The van der Waals surface area contributed by atoms with E-state index in [9.17, 15) is 9.32 Å². The molecule has 0 heterocycles. The number of aryl methyl sites for hydroxylation is 1. The molecule has 0 radical (unpaired) electrons. The fraction of sp³-hybridized carbons (Fsp3) is 0.600. The molecule has 0 aliphatic rings. The van der Waals surface area contributed by atoms with Crippen LogP contribution < -0.4 is 10.1 Å². The molecule has 0 aliphatic carbocycles. The summed E-state index contributed by atoms with van der Waals surface area (Å²) in [4.78, 5) is 0. The molecular formula is C15H25NO3S. The first kappa shape index (κ1) is 17.1. The zero-order valence-corrected chi connectivity index (χ0v) is 13.5. The molecule has 3 unspecified atom stereocenters. The minimum Gasteiger partial charge on any atom is -0.496 e. The van der Waals surface area contributed by atoms with Crippen molar-refractivity contribution in [3.8, 4) is 5.75 Å². The second kappa shape index (κ2) is 8.39. The van der Waals surface area contributed by atoms with E-state index in [1.54, 1.807) is 13.4 Å². The summed E-state index contributed by atoms with van der Waals surface area (Å²) in [7, 11) is 0.813. The molecule has 0 aromatic heterocycles. The van der Waals surface area contributed by atoms with Gasteiger partial charge in [-0.3, -0.25) is 4.21 Å². The maximum atomic E-state index is 11.2. The molecule has 1 aromatic rings. The van der Waals surface area contributed by atoms with E-state index < -0.39 is 16.9 Å². The lowest BCUT2D eigenvalue weighted by molar-refractivity contribution is 0.170. The first-order chi connectivity index (χ1) is 9.45. The summed E-state index contributed by atoms with van der Waals surface area (Å²) < 4.78 is 16.5. The van der Waals surface area contributed by atoms with E-state index in [0.29, 0.717) is 12.3 Å². The molecule has 0 spiro atoms. The topological polar surface area (TPSA) is 58.6 Å². The van der Waals surface area contributed by atoms with Crippen molar-refractivity contribution in [1.82, 2.24) is 5.32 Å². The van der Waals surface area contributed by atoms with Crippen LogP contribution in [0.2, 0.25) is 0 Å². The van der Waals surface area contributed by atoms with Gasteiger partial charge in [-0.15, -0.1) is 0 Å². The van der Waals surface area contributed by atoms with E-state index in [2.05, 4.69) is 5.32 Å². The van der Waals surface area contributed by atoms with Crippen LogP contribution >= 0.6 is 0 Å². The number of aliphatic hydroxyl groups excluding tert-OH is 1. The molecule has 1 aromatic carbocycles. The molecule has 114 valence electrons. The number of benzene rings is 1. The van der Waals surface area contributed by atoms with E-state index >= 15 is 0 Å². The van der Waals surface area contributed by atoms with E-state index in [4.69, 9.17) is 4.74 Å². The summed E-state index contributed by atoms with van der Waals surface area (Å²) in [5.74, 6) is 0.702. The van der Waals surface area contributed by atoms with Crippen molar-refractivity contribution in [3.05, 3.63) is 29.3 Å². The van der Waals surface area contributed by atoms with Gasteiger partial charge in [0, 0.05) is 34.4 Å². The van der Waals surface area contributed by atoms with Crippen LogP contribution in [0.1, 0.15) is 30.6 Å². The Hall–Kier alpha value is -0.910. The van der Waals surface area contributed by atoms with Gasteiger partial charge in [-0.2, -0.15) is 0 Å². The standard InChI is InChI=1S/C15H25NO3S/c1-11-5-6-15(19-3)13(9-11)14(17)10-16-8-7-12(2)20(4)18/h5-6,9,12,14,16-17H,7-8,10H2,1-4H3. The van der Waals surface area contributed by atoms with Crippen LogP contribution in [0.3, 0.4) is 0 Å². The summed E-state index contributed by atoms with van der Waals surface area (Å²) in [6.45, 7) is 5.16. The lowest BCUT2D eigenvalue weighted by Gasteiger charge is -2.17. The Morgan fingerprint density at radius 2 is 2.15 bits per heavy atom. The molecule has 0 aliphatic heterocycles. The van der Waals surface area contributed by atoms with Gasteiger partial charge < -0.3 is 15.2 Å². The predicted molar refractivity (Wildman–Crippen MR) is 83.7 cm³/mol. The van der Waals surface area contributed by atoms with Crippen molar-refractivity contribution in [2.24, 2.45) is 0 Å². The highest BCUT2D eigenvalue weighted by molar-refractivity contribution is 7.84.